The molecule has 4 aliphatic rings. The van der Waals surface area contributed by atoms with E-state index >= 15 is 0 Å². The van der Waals surface area contributed by atoms with Crippen molar-refractivity contribution in [2.45, 2.75) is 95.5 Å². The Balaban J connectivity index is 1.01. The van der Waals surface area contributed by atoms with Crippen LogP contribution in [-0.4, -0.2) is 110 Å². The molecule has 0 aliphatic carbocycles. The predicted octanol–water partition coefficient (Wildman–Crippen LogP) is 4.24. The van der Waals surface area contributed by atoms with Gasteiger partial charge < -0.3 is 41.0 Å². The monoisotopic (exact) mass is 740 g/mol. The Morgan fingerprint density at radius 3 is 2.30 bits per heavy atom. The first-order valence-corrected chi connectivity index (χ1v) is 19.4. The maximum absolute atomic E-state index is 13.5. The number of alkyl carbamates (subject to hydrolysis) is 1. The average Bonchev–Trinajstić information content (AvgIpc) is 3.98. The van der Waals surface area contributed by atoms with Crippen molar-refractivity contribution in [2.75, 3.05) is 40.0 Å². The molecule has 0 radical (unpaired) electrons. The lowest BCUT2D eigenvalue weighted by Gasteiger charge is -2.31. The van der Waals surface area contributed by atoms with Gasteiger partial charge in [0.25, 0.3) is 0 Å². The second-order valence-corrected chi connectivity index (χ2v) is 15.1. The highest BCUT2D eigenvalue weighted by molar-refractivity contribution is 5.95. The van der Waals surface area contributed by atoms with Crippen molar-refractivity contribution in [2.24, 2.45) is 21.6 Å². The topological polar surface area (TPSA) is 163 Å². The number of carbonyl (C=O) groups is 3. The predicted molar refractivity (Wildman–Crippen MR) is 211 cm³/mol. The molecule has 3 fully saturated rings. The number of nitrogens with one attached hydrogen (secondary N) is 3. The summed E-state index contributed by atoms with van der Waals surface area (Å²) in [5.74, 6) is 0.742. The highest BCUT2D eigenvalue weighted by Gasteiger charge is 2.39. The number of carbonyl (C=O) groups excluding carboxylic acids is 3. The fourth-order valence-corrected chi connectivity index (χ4v) is 7.86. The van der Waals surface area contributed by atoms with Gasteiger partial charge in [-0.1, -0.05) is 62.4 Å². The standard InChI is InChI=1S/C41H56N8O5/c1-26(2)37(47-41(52)53-4)40(51)49-20-6-8-36(49)38-44-25-35(46-38)31-15-11-29(12-16-31)28-9-13-30(14-10-28)34(42)24-43-23-33-7-5-19-48(33)39(50)27(3)45-32-17-21-54-22-18-32/h9-16,23-24,26-27,32-33,35-37,45H,5-8,17-22,25,42H2,1-4H3,(H,44,46)(H,47,52)/b34-24-,43-23+/t27-,33?,35?,36?,37+/m1/s1. The molecule has 6 rings (SSSR count). The molecule has 5 atom stereocenters. The maximum atomic E-state index is 13.5. The summed E-state index contributed by atoms with van der Waals surface area (Å²) in [5, 5.41) is 9.78. The molecule has 0 aromatic heterocycles. The summed E-state index contributed by atoms with van der Waals surface area (Å²) in [6.07, 6.45) is 8.32. The molecule has 3 amide bonds. The lowest BCUT2D eigenvalue weighted by Crippen LogP contribution is -2.54. The van der Waals surface area contributed by atoms with Crippen LogP contribution < -0.4 is 21.7 Å². The number of amidine groups is 1. The van der Waals surface area contributed by atoms with Crippen LogP contribution in [0.1, 0.15) is 76.5 Å². The first-order chi connectivity index (χ1) is 26.1. The number of nitrogens with zero attached hydrogens (tertiary/aromatic N) is 4. The van der Waals surface area contributed by atoms with E-state index in [1.807, 2.05) is 48.9 Å². The molecule has 13 heteroatoms. The van der Waals surface area contributed by atoms with E-state index in [9.17, 15) is 14.4 Å². The van der Waals surface area contributed by atoms with Crippen LogP contribution in [0.15, 0.2) is 64.7 Å². The van der Waals surface area contributed by atoms with Crippen LogP contribution in [0.4, 0.5) is 4.79 Å². The zero-order valence-corrected chi connectivity index (χ0v) is 32.0. The molecule has 13 nitrogen and oxygen atoms in total. The van der Waals surface area contributed by atoms with Gasteiger partial charge in [-0.05, 0) is 73.6 Å². The molecule has 3 saturated heterocycles. The largest absolute Gasteiger partial charge is 0.453 e. The minimum atomic E-state index is -0.663. The molecule has 4 aliphatic heterocycles. The molecule has 0 bridgehead atoms. The number of hydrogen-bond acceptors (Lipinski definition) is 10. The average molecular weight is 741 g/mol. The summed E-state index contributed by atoms with van der Waals surface area (Å²) < 4.78 is 10.2. The zero-order chi connectivity index (χ0) is 38.2. The minimum absolute atomic E-state index is 0.0140. The first-order valence-electron chi connectivity index (χ1n) is 19.4. The Morgan fingerprint density at radius 2 is 1.61 bits per heavy atom. The van der Waals surface area contributed by atoms with Gasteiger partial charge in [0.1, 0.15) is 11.9 Å². The van der Waals surface area contributed by atoms with Gasteiger partial charge in [-0.3, -0.25) is 19.6 Å². The number of hydrogen-bond donors (Lipinski definition) is 4. The van der Waals surface area contributed by atoms with Crippen LogP contribution in [-0.2, 0) is 19.1 Å². The van der Waals surface area contributed by atoms with Gasteiger partial charge in [-0.15, -0.1) is 0 Å². The van der Waals surface area contributed by atoms with Crippen molar-refractivity contribution in [3.63, 3.8) is 0 Å². The molecule has 2 aromatic rings. The Bertz CT molecular complexity index is 1700. The van der Waals surface area contributed by atoms with Crippen LogP contribution in [0, 0.1) is 5.92 Å². The summed E-state index contributed by atoms with van der Waals surface area (Å²) in [4.78, 5) is 51.8. The van der Waals surface area contributed by atoms with Crippen LogP contribution in [0.25, 0.3) is 16.8 Å². The molecule has 290 valence electrons. The van der Waals surface area contributed by atoms with Gasteiger partial charge in [0.2, 0.25) is 11.8 Å². The van der Waals surface area contributed by atoms with Gasteiger partial charge in [0.15, 0.2) is 0 Å². The molecule has 4 heterocycles. The molecule has 5 N–H and O–H groups in total. The third-order valence-corrected chi connectivity index (χ3v) is 11.0. The van der Waals surface area contributed by atoms with Crippen molar-refractivity contribution < 1.29 is 23.9 Å². The van der Waals surface area contributed by atoms with Gasteiger partial charge in [-0.25, -0.2) is 4.79 Å². The van der Waals surface area contributed by atoms with Crippen molar-refractivity contribution in [1.29, 1.82) is 0 Å². The van der Waals surface area contributed by atoms with E-state index in [1.54, 1.807) is 6.20 Å². The lowest BCUT2D eigenvalue weighted by molar-refractivity contribution is -0.134. The number of rotatable bonds is 12. The molecule has 0 saturated carbocycles. The fourth-order valence-electron chi connectivity index (χ4n) is 7.86. The van der Waals surface area contributed by atoms with E-state index in [-0.39, 0.29) is 41.9 Å². The van der Waals surface area contributed by atoms with Crippen molar-refractivity contribution in [1.82, 2.24) is 25.8 Å². The number of likely N-dealkylation sites (tertiary alicyclic amines) is 2. The number of methoxy groups -OCH3 is 1. The van der Waals surface area contributed by atoms with Gasteiger partial charge >= 0.3 is 6.09 Å². The van der Waals surface area contributed by atoms with E-state index in [1.165, 1.54) is 7.11 Å². The molecule has 54 heavy (non-hydrogen) atoms. The Morgan fingerprint density at radius 1 is 0.944 bits per heavy atom. The lowest BCUT2D eigenvalue weighted by atomic mass is 9.99. The Hall–Kier alpha value is -4.75. The summed E-state index contributed by atoms with van der Waals surface area (Å²) in [6, 6.07) is 15.8. The first kappa shape index (κ1) is 39.0. The smallest absolute Gasteiger partial charge is 0.407 e. The van der Waals surface area contributed by atoms with E-state index < -0.39 is 12.1 Å². The van der Waals surface area contributed by atoms with Crippen LogP contribution >= 0.6 is 0 Å². The second kappa shape index (κ2) is 18.1. The highest BCUT2D eigenvalue weighted by atomic mass is 16.5. The normalized spacial score (nSPS) is 23.4. The molecule has 2 aromatic carbocycles. The maximum Gasteiger partial charge on any atom is 0.407 e. The van der Waals surface area contributed by atoms with Gasteiger partial charge in [0, 0.05) is 38.6 Å². The molecule has 0 spiro atoms. The minimum Gasteiger partial charge on any atom is -0.453 e. The van der Waals surface area contributed by atoms with Crippen molar-refractivity contribution in [3.05, 3.63) is 65.9 Å². The highest BCUT2D eigenvalue weighted by Crippen LogP contribution is 2.28. The summed E-state index contributed by atoms with van der Waals surface area (Å²) >= 11 is 0. The summed E-state index contributed by atoms with van der Waals surface area (Å²) in [7, 11) is 1.30. The number of ether oxygens (including phenoxy) is 2. The van der Waals surface area contributed by atoms with E-state index in [0.29, 0.717) is 24.8 Å². The number of amides is 3. The molecular formula is C41H56N8O5. The van der Waals surface area contributed by atoms with Crippen LogP contribution in [0.5, 0.6) is 0 Å². The third kappa shape index (κ3) is 9.30. The van der Waals surface area contributed by atoms with Crippen molar-refractivity contribution >= 4 is 35.7 Å². The fraction of sp³-hybridized carbons (Fsp3) is 0.537. The summed E-state index contributed by atoms with van der Waals surface area (Å²) in [5.41, 5.74) is 11.1. The number of benzene rings is 2. The second-order valence-electron chi connectivity index (χ2n) is 15.1. The van der Waals surface area contributed by atoms with Crippen molar-refractivity contribution in [3.8, 4) is 11.1 Å². The summed E-state index contributed by atoms with van der Waals surface area (Å²) in [6.45, 7) is 9.21. The SMILES string of the molecule is COC(=O)N[C@H](C(=O)N1CCCC1C1=NCC(c2ccc(-c3ccc(/C(N)=C/N=C/C4CCCN4C(=O)[C@@H](C)NC4CCOCC4)cc3)cc2)N1)C(C)C. The van der Waals surface area contributed by atoms with E-state index in [2.05, 4.69) is 57.3 Å². The Labute approximate surface area is 318 Å². The number of nitrogens with two attached hydrogens (primary N) is 1. The van der Waals surface area contributed by atoms with Crippen LogP contribution in [0.3, 0.4) is 0 Å². The van der Waals surface area contributed by atoms with Gasteiger partial charge in [0.05, 0.1) is 49.7 Å². The quantitative estimate of drug-likeness (QED) is 0.235. The van der Waals surface area contributed by atoms with E-state index in [0.717, 1.165) is 86.4 Å². The van der Waals surface area contributed by atoms with Crippen LogP contribution in [0.2, 0.25) is 0 Å². The molecule has 3 unspecified atom stereocenters. The number of aliphatic imine (C=N–C) groups is 2. The zero-order valence-electron chi connectivity index (χ0n) is 32.0. The molecular weight excluding hydrogens is 685 g/mol. The van der Waals surface area contributed by atoms with Gasteiger partial charge in [-0.2, -0.15) is 0 Å². The third-order valence-electron chi connectivity index (χ3n) is 11.0. The Kier molecular flexibility index (Phi) is 13.0. The van der Waals surface area contributed by atoms with E-state index in [4.69, 9.17) is 20.2 Å².